The molecule has 2 nitrogen and oxygen atoms in total. The molecule has 0 spiro atoms. The highest BCUT2D eigenvalue weighted by Gasteiger charge is 2.17. The van der Waals surface area contributed by atoms with Crippen molar-refractivity contribution < 1.29 is 0 Å². The average Bonchev–Trinajstić information content (AvgIpc) is 3.51. The van der Waals surface area contributed by atoms with Gasteiger partial charge in [-0.3, -0.25) is 0 Å². The van der Waals surface area contributed by atoms with Crippen molar-refractivity contribution in [3.8, 4) is 34.4 Å². The summed E-state index contributed by atoms with van der Waals surface area (Å²) in [5.74, 6) is 0. The molecule has 0 bridgehead atoms. The molecule has 0 saturated carbocycles. The summed E-state index contributed by atoms with van der Waals surface area (Å²) in [6.07, 6.45) is 0. The Balaban J connectivity index is 1.54. The Morgan fingerprint density at radius 3 is 1.69 bits per heavy atom. The Kier molecular flexibility index (Phi) is 4.66. The van der Waals surface area contributed by atoms with Crippen molar-refractivity contribution in [2.45, 2.75) is 0 Å². The highest BCUT2D eigenvalue weighted by atomic mass is 32.1. The summed E-state index contributed by atoms with van der Waals surface area (Å²) >= 11 is 3.65. The minimum Gasteiger partial charge on any atom is -0.192 e. The standard InChI is InChI=1S/C32H16N2S2/c33-17-19-5-1-7-21(15-19)23-9-3-11-25-26-13-14-28-29(32(26)36-30(23)25)27-12-4-10-24(31(27)35-28)22-8-2-6-20(16-22)18-34/h1-16H. The summed E-state index contributed by atoms with van der Waals surface area (Å²) in [7, 11) is 0. The molecule has 0 unspecified atom stereocenters. The van der Waals surface area contributed by atoms with Gasteiger partial charge in [-0.15, -0.1) is 22.7 Å². The Bertz CT molecular complexity index is 2080. The molecule has 7 rings (SSSR count). The Hall–Kier alpha value is -4.48. The minimum atomic E-state index is 0.671. The number of thiophene rings is 2. The molecule has 2 aromatic heterocycles. The molecule has 0 radical (unpaired) electrons. The number of hydrogen-bond donors (Lipinski definition) is 0. The van der Waals surface area contributed by atoms with E-state index < -0.39 is 0 Å². The van der Waals surface area contributed by atoms with Gasteiger partial charge in [0.1, 0.15) is 0 Å². The van der Waals surface area contributed by atoms with E-state index in [2.05, 4.69) is 72.8 Å². The van der Waals surface area contributed by atoms with E-state index in [4.69, 9.17) is 0 Å². The normalized spacial score (nSPS) is 11.3. The van der Waals surface area contributed by atoms with E-state index in [0.717, 1.165) is 22.3 Å². The van der Waals surface area contributed by atoms with Crippen LogP contribution in [0.1, 0.15) is 11.1 Å². The van der Waals surface area contributed by atoms with Crippen LogP contribution in [0.4, 0.5) is 0 Å². The number of hydrogen-bond acceptors (Lipinski definition) is 4. The zero-order valence-corrected chi connectivity index (χ0v) is 20.6. The Morgan fingerprint density at radius 1 is 0.500 bits per heavy atom. The van der Waals surface area contributed by atoms with Crippen LogP contribution in [-0.2, 0) is 0 Å². The first-order valence-electron chi connectivity index (χ1n) is 11.6. The van der Waals surface area contributed by atoms with Crippen molar-refractivity contribution >= 4 is 63.0 Å². The lowest BCUT2D eigenvalue weighted by Crippen LogP contribution is -1.80. The van der Waals surface area contributed by atoms with Gasteiger partial charge in [0.2, 0.25) is 0 Å². The van der Waals surface area contributed by atoms with Gasteiger partial charge in [-0.1, -0.05) is 66.7 Å². The van der Waals surface area contributed by atoms with E-state index in [0.29, 0.717) is 11.1 Å². The van der Waals surface area contributed by atoms with Crippen LogP contribution in [0.15, 0.2) is 97.1 Å². The monoisotopic (exact) mass is 492 g/mol. The highest BCUT2D eigenvalue weighted by molar-refractivity contribution is 7.30. The second kappa shape index (κ2) is 8.04. The van der Waals surface area contributed by atoms with Crippen LogP contribution in [-0.4, -0.2) is 0 Å². The molecule has 0 aliphatic rings. The van der Waals surface area contributed by atoms with Gasteiger partial charge in [0, 0.05) is 40.3 Å². The second-order valence-corrected chi connectivity index (χ2v) is 10.8. The molecule has 166 valence electrons. The molecule has 7 aromatic rings. The zero-order chi connectivity index (χ0) is 24.2. The molecule has 2 heterocycles. The van der Waals surface area contributed by atoms with Gasteiger partial charge in [0.05, 0.1) is 23.3 Å². The van der Waals surface area contributed by atoms with Gasteiger partial charge in [-0.05, 0) is 52.6 Å². The van der Waals surface area contributed by atoms with Gasteiger partial charge in [0.15, 0.2) is 0 Å². The minimum absolute atomic E-state index is 0.671. The first-order chi connectivity index (χ1) is 17.7. The van der Waals surface area contributed by atoms with E-state index in [9.17, 15) is 10.5 Å². The maximum absolute atomic E-state index is 9.40. The lowest BCUT2D eigenvalue weighted by atomic mass is 9.99. The smallest absolute Gasteiger partial charge is 0.0991 e. The van der Waals surface area contributed by atoms with Gasteiger partial charge in [-0.2, -0.15) is 10.5 Å². The van der Waals surface area contributed by atoms with Crippen LogP contribution in [0.5, 0.6) is 0 Å². The largest absolute Gasteiger partial charge is 0.192 e. The van der Waals surface area contributed by atoms with E-state index in [1.165, 1.54) is 40.3 Å². The molecule has 0 N–H and O–H groups in total. The second-order valence-electron chi connectivity index (χ2n) is 8.77. The van der Waals surface area contributed by atoms with Gasteiger partial charge >= 0.3 is 0 Å². The van der Waals surface area contributed by atoms with Crippen molar-refractivity contribution in [3.05, 3.63) is 108 Å². The first kappa shape index (κ1) is 20.9. The van der Waals surface area contributed by atoms with E-state index in [1.807, 2.05) is 59.1 Å². The van der Waals surface area contributed by atoms with E-state index in [-0.39, 0.29) is 0 Å². The molecule has 0 fully saturated rings. The first-order valence-corrected chi connectivity index (χ1v) is 13.2. The van der Waals surface area contributed by atoms with Crippen LogP contribution in [0.25, 0.3) is 62.6 Å². The zero-order valence-electron chi connectivity index (χ0n) is 18.9. The molecule has 0 aliphatic carbocycles. The van der Waals surface area contributed by atoms with Crippen LogP contribution in [0.3, 0.4) is 0 Å². The topological polar surface area (TPSA) is 47.6 Å². The van der Waals surface area contributed by atoms with Crippen molar-refractivity contribution in [1.82, 2.24) is 0 Å². The molecule has 0 amide bonds. The predicted molar refractivity (Wildman–Crippen MR) is 153 cm³/mol. The van der Waals surface area contributed by atoms with Crippen molar-refractivity contribution in [3.63, 3.8) is 0 Å². The third-order valence-electron chi connectivity index (χ3n) is 6.73. The lowest BCUT2D eigenvalue weighted by molar-refractivity contribution is 1.48. The van der Waals surface area contributed by atoms with Gasteiger partial charge in [0.25, 0.3) is 0 Å². The van der Waals surface area contributed by atoms with E-state index >= 15 is 0 Å². The van der Waals surface area contributed by atoms with Crippen molar-refractivity contribution in [2.24, 2.45) is 0 Å². The molecule has 4 heteroatoms. The molecular formula is C32H16N2S2. The van der Waals surface area contributed by atoms with Crippen LogP contribution in [0, 0.1) is 22.7 Å². The average molecular weight is 493 g/mol. The number of nitrogens with zero attached hydrogens (tertiary/aromatic N) is 2. The molecule has 0 aliphatic heterocycles. The molecular weight excluding hydrogens is 477 g/mol. The summed E-state index contributed by atoms with van der Waals surface area (Å²) in [5, 5.41) is 23.9. The summed E-state index contributed by atoms with van der Waals surface area (Å²) in [6, 6.07) is 37.7. The van der Waals surface area contributed by atoms with Crippen molar-refractivity contribution in [2.75, 3.05) is 0 Å². The van der Waals surface area contributed by atoms with Gasteiger partial charge < -0.3 is 0 Å². The number of benzene rings is 5. The predicted octanol–water partition coefficient (Wildman–Crippen LogP) is 9.50. The third-order valence-corrected chi connectivity index (χ3v) is 9.21. The maximum atomic E-state index is 9.40. The molecule has 36 heavy (non-hydrogen) atoms. The highest BCUT2D eigenvalue weighted by Crippen LogP contribution is 2.48. The fraction of sp³-hybridized carbons (Fsp3) is 0. The molecule has 5 aromatic carbocycles. The molecule has 0 saturated heterocycles. The lowest BCUT2D eigenvalue weighted by Gasteiger charge is -2.04. The SMILES string of the molecule is N#Cc1cccc(-c2cccc3c2sc2c3ccc3sc4c(-c5cccc(C#N)c5)cccc4c32)c1. The fourth-order valence-electron chi connectivity index (χ4n) is 5.10. The van der Waals surface area contributed by atoms with Crippen LogP contribution < -0.4 is 0 Å². The Labute approximate surface area is 215 Å². The third kappa shape index (κ3) is 3.06. The Morgan fingerprint density at radius 2 is 1.06 bits per heavy atom. The summed E-state index contributed by atoms with van der Waals surface area (Å²) in [5.41, 5.74) is 5.80. The van der Waals surface area contributed by atoms with Gasteiger partial charge in [-0.25, -0.2) is 0 Å². The van der Waals surface area contributed by atoms with E-state index in [1.54, 1.807) is 0 Å². The van der Waals surface area contributed by atoms with Crippen molar-refractivity contribution in [1.29, 1.82) is 10.5 Å². The van der Waals surface area contributed by atoms with Crippen LogP contribution >= 0.6 is 22.7 Å². The number of fused-ring (bicyclic) bond motifs is 7. The molecule has 0 atom stereocenters. The maximum Gasteiger partial charge on any atom is 0.0991 e. The summed E-state index contributed by atoms with van der Waals surface area (Å²) < 4.78 is 5.04. The number of nitriles is 2. The number of rotatable bonds is 2. The quantitative estimate of drug-likeness (QED) is 0.241. The summed E-state index contributed by atoms with van der Waals surface area (Å²) in [6.45, 7) is 0. The van der Waals surface area contributed by atoms with Crippen LogP contribution in [0.2, 0.25) is 0 Å². The fourth-order valence-corrected chi connectivity index (χ4v) is 7.81. The summed E-state index contributed by atoms with van der Waals surface area (Å²) in [4.78, 5) is 0.